The second kappa shape index (κ2) is 10.2. The molecular weight excluding hydrogens is 366 g/mol. The lowest BCUT2D eigenvalue weighted by molar-refractivity contribution is -0.117. The molecule has 4 N–H and O–H groups in total. The quantitative estimate of drug-likeness (QED) is 0.208. The summed E-state index contributed by atoms with van der Waals surface area (Å²) in [5.74, 6) is -0.283. The number of hydrogen-bond donors (Lipinski definition) is 3. The molecule has 2 rings (SSSR count). The maximum atomic E-state index is 12.3. The standard InChI is InChI=1S/C23H27N3O3/c1-4-5-16(3)26-21(27)14-15(2)17-6-8-19(9-7-17)23(28)29-20-12-10-18(11-13-20)22(24)25/h6-14,16H,4-5H2,1-3H3,(H3,24,25)(H,26,27)/b15-14+. The third-order valence-corrected chi connectivity index (χ3v) is 4.41. The van der Waals surface area contributed by atoms with E-state index in [1.54, 1.807) is 54.6 Å². The number of amidine groups is 1. The van der Waals surface area contributed by atoms with Crippen molar-refractivity contribution in [2.45, 2.75) is 39.7 Å². The van der Waals surface area contributed by atoms with Gasteiger partial charge < -0.3 is 15.8 Å². The van der Waals surface area contributed by atoms with E-state index in [-0.39, 0.29) is 17.8 Å². The topological polar surface area (TPSA) is 105 Å². The number of esters is 1. The predicted octanol–water partition coefficient (Wildman–Crippen LogP) is 3.90. The molecule has 0 bridgehead atoms. The minimum Gasteiger partial charge on any atom is -0.423 e. The molecule has 6 heteroatoms. The molecule has 2 aromatic rings. The van der Waals surface area contributed by atoms with E-state index < -0.39 is 5.97 Å². The van der Waals surface area contributed by atoms with Gasteiger partial charge in [0.25, 0.3) is 0 Å². The summed E-state index contributed by atoms with van der Waals surface area (Å²) >= 11 is 0. The lowest BCUT2D eigenvalue weighted by atomic mass is 10.0. The van der Waals surface area contributed by atoms with Crippen molar-refractivity contribution in [2.24, 2.45) is 5.73 Å². The van der Waals surface area contributed by atoms with Gasteiger partial charge in [0, 0.05) is 17.7 Å². The SMILES string of the molecule is CCCC(C)NC(=O)/C=C(\C)c1ccc(C(=O)Oc2ccc(C(=N)N)cc2)cc1. The average molecular weight is 393 g/mol. The zero-order valence-corrected chi connectivity index (χ0v) is 17.0. The van der Waals surface area contributed by atoms with Crippen LogP contribution in [0.25, 0.3) is 5.57 Å². The Morgan fingerprint density at radius 2 is 1.62 bits per heavy atom. The second-order valence-electron chi connectivity index (χ2n) is 6.93. The molecule has 29 heavy (non-hydrogen) atoms. The summed E-state index contributed by atoms with van der Waals surface area (Å²) < 4.78 is 5.34. The Morgan fingerprint density at radius 1 is 1.07 bits per heavy atom. The van der Waals surface area contributed by atoms with Crippen LogP contribution in [-0.4, -0.2) is 23.8 Å². The average Bonchev–Trinajstić information content (AvgIpc) is 2.68. The number of amides is 1. The summed E-state index contributed by atoms with van der Waals surface area (Å²) in [7, 11) is 0. The van der Waals surface area contributed by atoms with Gasteiger partial charge in [-0.3, -0.25) is 10.2 Å². The van der Waals surface area contributed by atoms with Gasteiger partial charge in [0.2, 0.25) is 5.91 Å². The minimum absolute atomic E-state index is 0.0459. The van der Waals surface area contributed by atoms with Gasteiger partial charge in [0.15, 0.2) is 0 Å². The van der Waals surface area contributed by atoms with Crippen LogP contribution in [0.4, 0.5) is 0 Å². The van der Waals surface area contributed by atoms with Crippen LogP contribution < -0.4 is 15.8 Å². The van der Waals surface area contributed by atoms with Gasteiger partial charge in [-0.25, -0.2) is 4.79 Å². The number of benzene rings is 2. The molecule has 0 aliphatic rings. The van der Waals surface area contributed by atoms with Crippen LogP contribution in [0.2, 0.25) is 0 Å². The van der Waals surface area contributed by atoms with Gasteiger partial charge in [-0.1, -0.05) is 25.5 Å². The second-order valence-corrected chi connectivity index (χ2v) is 6.93. The van der Waals surface area contributed by atoms with Crippen LogP contribution >= 0.6 is 0 Å². The first-order chi connectivity index (χ1) is 13.8. The molecule has 1 unspecified atom stereocenters. The largest absolute Gasteiger partial charge is 0.423 e. The van der Waals surface area contributed by atoms with Crippen molar-refractivity contribution in [3.05, 3.63) is 71.3 Å². The van der Waals surface area contributed by atoms with E-state index in [0.717, 1.165) is 24.0 Å². The lowest BCUT2D eigenvalue weighted by Crippen LogP contribution is -2.31. The Balaban J connectivity index is 2.01. The number of nitrogens with two attached hydrogens (primary N) is 1. The molecule has 0 saturated carbocycles. The number of allylic oxidation sites excluding steroid dienone is 1. The summed E-state index contributed by atoms with van der Waals surface area (Å²) in [6.07, 6.45) is 3.52. The van der Waals surface area contributed by atoms with Crippen molar-refractivity contribution in [1.82, 2.24) is 5.32 Å². The third-order valence-electron chi connectivity index (χ3n) is 4.41. The van der Waals surface area contributed by atoms with Crippen LogP contribution in [0, 0.1) is 5.41 Å². The first kappa shape index (κ1) is 21.9. The first-order valence-corrected chi connectivity index (χ1v) is 9.56. The Labute approximate surface area is 171 Å². The Morgan fingerprint density at radius 3 is 2.17 bits per heavy atom. The van der Waals surface area contributed by atoms with Crippen molar-refractivity contribution in [2.75, 3.05) is 0 Å². The molecule has 0 aromatic heterocycles. The van der Waals surface area contributed by atoms with E-state index in [0.29, 0.717) is 16.9 Å². The fraction of sp³-hybridized carbons (Fsp3) is 0.261. The summed E-state index contributed by atoms with van der Waals surface area (Å²) in [5, 5.41) is 10.3. The Bertz CT molecular complexity index is 900. The molecular formula is C23H27N3O3. The molecule has 0 spiro atoms. The highest BCUT2D eigenvalue weighted by atomic mass is 16.5. The molecule has 1 amide bonds. The molecule has 6 nitrogen and oxygen atoms in total. The zero-order valence-electron chi connectivity index (χ0n) is 17.0. The predicted molar refractivity (Wildman–Crippen MR) is 115 cm³/mol. The van der Waals surface area contributed by atoms with Crippen molar-refractivity contribution in [3.63, 3.8) is 0 Å². The minimum atomic E-state index is -0.486. The highest BCUT2D eigenvalue weighted by Gasteiger charge is 2.10. The maximum Gasteiger partial charge on any atom is 0.343 e. The summed E-state index contributed by atoms with van der Waals surface area (Å²) in [6, 6.07) is 13.4. The lowest BCUT2D eigenvalue weighted by Gasteiger charge is -2.11. The molecule has 0 aliphatic heterocycles. The number of nitrogen functional groups attached to an aromatic ring is 1. The van der Waals surface area contributed by atoms with Gasteiger partial charge >= 0.3 is 5.97 Å². The molecule has 1 atom stereocenters. The van der Waals surface area contributed by atoms with Gasteiger partial charge in [-0.15, -0.1) is 0 Å². The van der Waals surface area contributed by atoms with Crippen LogP contribution in [0.3, 0.4) is 0 Å². The van der Waals surface area contributed by atoms with E-state index in [1.165, 1.54) is 0 Å². The zero-order chi connectivity index (χ0) is 21.4. The van der Waals surface area contributed by atoms with E-state index in [9.17, 15) is 9.59 Å². The molecule has 152 valence electrons. The van der Waals surface area contributed by atoms with E-state index in [2.05, 4.69) is 12.2 Å². The van der Waals surface area contributed by atoms with E-state index in [4.69, 9.17) is 15.9 Å². The fourth-order valence-corrected chi connectivity index (χ4v) is 2.81. The van der Waals surface area contributed by atoms with Crippen molar-refractivity contribution in [3.8, 4) is 5.75 Å². The summed E-state index contributed by atoms with van der Waals surface area (Å²) in [6.45, 7) is 5.92. The van der Waals surface area contributed by atoms with Crippen LogP contribution in [0.1, 0.15) is 55.1 Å². The van der Waals surface area contributed by atoms with Crippen LogP contribution in [0.5, 0.6) is 5.75 Å². The van der Waals surface area contributed by atoms with Crippen LogP contribution in [-0.2, 0) is 4.79 Å². The Kier molecular flexibility index (Phi) is 7.71. The van der Waals surface area contributed by atoms with Crippen molar-refractivity contribution in [1.29, 1.82) is 5.41 Å². The molecule has 0 heterocycles. The van der Waals surface area contributed by atoms with Gasteiger partial charge in [0.05, 0.1) is 5.56 Å². The smallest absolute Gasteiger partial charge is 0.343 e. The summed E-state index contributed by atoms with van der Waals surface area (Å²) in [4.78, 5) is 24.4. The number of carbonyl (C=O) groups is 2. The van der Waals surface area contributed by atoms with Gasteiger partial charge in [-0.2, -0.15) is 0 Å². The Hall–Kier alpha value is -3.41. The molecule has 0 aliphatic carbocycles. The van der Waals surface area contributed by atoms with Crippen LogP contribution in [0.15, 0.2) is 54.6 Å². The van der Waals surface area contributed by atoms with E-state index in [1.807, 2.05) is 13.8 Å². The van der Waals surface area contributed by atoms with Crippen molar-refractivity contribution < 1.29 is 14.3 Å². The number of ether oxygens (including phenoxy) is 1. The number of hydrogen-bond acceptors (Lipinski definition) is 4. The number of nitrogens with one attached hydrogen (secondary N) is 2. The number of rotatable bonds is 8. The molecule has 2 aromatic carbocycles. The highest BCUT2D eigenvalue weighted by Crippen LogP contribution is 2.17. The highest BCUT2D eigenvalue weighted by molar-refractivity contribution is 5.96. The normalized spacial score (nSPS) is 12.2. The fourth-order valence-electron chi connectivity index (χ4n) is 2.81. The monoisotopic (exact) mass is 393 g/mol. The number of carbonyl (C=O) groups excluding carboxylic acids is 2. The summed E-state index contributed by atoms with van der Waals surface area (Å²) in [5.41, 5.74) is 8.03. The van der Waals surface area contributed by atoms with Crippen molar-refractivity contribution >= 4 is 23.3 Å². The molecule has 0 fully saturated rings. The third kappa shape index (κ3) is 6.60. The van der Waals surface area contributed by atoms with Gasteiger partial charge in [0.1, 0.15) is 11.6 Å². The first-order valence-electron chi connectivity index (χ1n) is 9.56. The molecule has 0 radical (unpaired) electrons. The maximum absolute atomic E-state index is 12.3. The van der Waals surface area contributed by atoms with E-state index >= 15 is 0 Å². The molecule has 0 saturated heterocycles. The van der Waals surface area contributed by atoms with Gasteiger partial charge in [-0.05, 0) is 67.8 Å².